The number of carbonyl (C=O) groups excluding carboxylic acids is 2. The molecule has 0 aliphatic heterocycles. The molecule has 0 aliphatic carbocycles. The lowest BCUT2D eigenvalue weighted by atomic mass is 10.1. The van der Waals surface area contributed by atoms with Gasteiger partial charge in [0.2, 0.25) is 11.8 Å². The molecular formula is C29H35N3O4S. The summed E-state index contributed by atoms with van der Waals surface area (Å²) in [5.41, 5.74) is 3.30. The fourth-order valence-corrected chi connectivity index (χ4v) is 5.38. The third kappa shape index (κ3) is 7.20. The Hall–Kier alpha value is -3.65. The van der Waals surface area contributed by atoms with Crippen molar-refractivity contribution >= 4 is 27.5 Å². The van der Waals surface area contributed by atoms with E-state index >= 15 is 0 Å². The number of anilines is 1. The molecule has 196 valence electrons. The van der Waals surface area contributed by atoms with Crippen molar-refractivity contribution in [3.05, 3.63) is 95.6 Å². The van der Waals surface area contributed by atoms with Crippen LogP contribution in [0.15, 0.2) is 83.8 Å². The molecule has 0 unspecified atom stereocenters. The van der Waals surface area contributed by atoms with Crippen LogP contribution in [0.1, 0.15) is 30.5 Å². The van der Waals surface area contributed by atoms with Crippen molar-refractivity contribution < 1.29 is 18.0 Å². The molecule has 0 spiro atoms. The summed E-state index contributed by atoms with van der Waals surface area (Å²) in [5, 5.41) is 2.77. The highest BCUT2D eigenvalue weighted by Gasteiger charge is 2.32. The zero-order chi connectivity index (χ0) is 27.0. The number of aryl methyl sites for hydroxylation is 2. The van der Waals surface area contributed by atoms with Gasteiger partial charge in [0.15, 0.2) is 0 Å². The highest BCUT2D eigenvalue weighted by atomic mass is 32.2. The maximum Gasteiger partial charge on any atom is 0.264 e. The topological polar surface area (TPSA) is 86.8 Å². The first-order valence-electron chi connectivity index (χ1n) is 12.4. The Morgan fingerprint density at radius 3 is 2.00 bits per heavy atom. The van der Waals surface area contributed by atoms with Crippen molar-refractivity contribution in [2.45, 2.75) is 45.1 Å². The average Bonchev–Trinajstić information content (AvgIpc) is 2.89. The predicted molar refractivity (Wildman–Crippen MR) is 147 cm³/mol. The number of hydrogen-bond acceptors (Lipinski definition) is 4. The van der Waals surface area contributed by atoms with Gasteiger partial charge >= 0.3 is 0 Å². The van der Waals surface area contributed by atoms with E-state index in [4.69, 9.17) is 0 Å². The number of nitrogens with one attached hydrogen (secondary N) is 1. The Labute approximate surface area is 220 Å². The molecule has 1 atom stereocenters. The second-order valence-electron chi connectivity index (χ2n) is 9.05. The third-order valence-electron chi connectivity index (χ3n) is 6.21. The third-order valence-corrected chi connectivity index (χ3v) is 8.00. The van der Waals surface area contributed by atoms with Crippen molar-refractivity contribution in [1.82, 2.24) is 10.2 Å². The van der Waals surface area contributed by atoms with E-state index in [0.717, 1.165) is 21.0 Å². The van der Waals surface area contributed by atoms with Crippen LogP contribution in [0.4, 0.5) is 5.69 Å². The van der Waals surface area contributed by atoms with Crippen LogP contribution in [0.3, 0.4) is 0 Å². The number of carbonyl (C=O) groups is 2. The van der Waals surface area contributed by atoms with E-state index in [9.17, 15) is 18.0 Å². The van der Waals surface area contributed by atoms with Crippen LogP contribution in [0, 0.1) is 13.8 Å². The molecule has 0 aromatic heterocycles. The number of amides is 2. The maximum atomic E-state index is 13.7. The summed E-state index contributed by atoms with van der Waals surface area (Å²) in [6.07, 6.45) is 0.533. The van der Waals surface area contributed by atoms with Gasteiger partial charge in [-0.3, -0.25) is 13.9 Å². The Bertz CT molecular complexity index is 1290. The van der Waals surface area contributed by atoms with Crippen molar-refractivity contribution in [1.29, 1.82) is 0 Å². The minimum atomic E-state index is -4.05. The molecule has 7 nitrogen and oxygen atoms in total. The minimum absolute atomic E-state index is 0.0964. The van der Waals surface area contributed by atoms with Gasteiger partial charge in [0.25, 0.3) is 10.0 Å². The van der Waals surface area contributed by atoms with Crippen LogP contribution >= 0.6 is 0 Å². The lowest BCUT2D eigenvalue weighted by Crippen LogP contribution is -2.52. The van der Waals surface area contributed by atoms with Crippen molar-refractivity contribution in [2.24, 2.45) is 0 Å². The fraction of sp³-hybridized carbons (Fsp3) is 0.310. The van der Waals surface area contributed by atoms with Gasteiger partial charge < -0.3 is 10.2 Å². The molecule has 8 heteroatoms. The molecular weight excluding hydrogens is 486 g/mol. The number of rotatable bonds is 11. The molecule has 0 bridgehead atoms. The lowest BCUT2D eigenvalue weighted by Gasteiger charge is -2.32. The molecule has 0 heterocycles. The average molecular weight is 522 g/mol. The van der Waals surface area contributed by atoms with Crippen LogP contribution in [-0.2, 0) is 26.0 Å². The molecule has 0 radical (unpaired) electrons. The Morgan fingerprint density at radius 2 is 1.43 bits per heavy atom. The largest absolute Gasteiger partial charge is 0.355 e. The monoisotopic (exact) mass is 521 g/mol. The smallest absolute Gasteiger partial charge is 0.264 e. The Balaban J connectivity index is 1.96. The molecule has 3 aromatic carbocycles. The lowest BCUT2D eigenvalue weighted by molar-refractivity contribution is -0.138. The van der Waals surface area contributed by atoms with E-state index in [0.29, 0.717) is 18.7 Å². The fourth-order valence-electron chi connectivity index (χ4n) is 3.97. The quantitative estimate of drug-likeness (QED) is 0.412. The molecule has 3 aromatic rings. The van der Waals surface area contributed by atoms with Crippen molar-refractivity contribution in [2.75, 3.05) is 23.9 Å². The van der Waals surface area contributed by atoms with E-state index in [-0.39, 0.29) is 17.3 Å². The maximum absolute atomic E-state index is 13.7. The number of benzene rings is 3. The molecule has 37 heavy (non-hydrogen) atoms. The predicted octanol–water partition coefficient (Wildman–Crippen LogP) is 4.09. The van der Waals surface area contributed by atoms with Crippen molar-refractivity contribution in [3.8, 4) is 0 Å². The molecule has 0 saturated heterocycles. The summed E-state index contributed by atoms with van der Waals surface area (Å²) in [5.74, 6) is -0.738. The molecule has 2 amide bonds. The van der Waals surface area contributed by atoms with Crippen LogP contribution in [0.25, 0.3) is 0 Å². The second-order valence-corrected chi connectivity index (χ2v) is 10.9. The molecule has 0 saturated carbocycles. The van der Waals surface area contributed by atoms with Crippen LogP contribution in [-0.4, -0.2) is 50.8 Å². The van der Waals surface area contributed by atoms with Crippen molar-refractivity contribution in [3.63, 3.8) is 0 Å². The molecule has 3 rings (SSSR count). The molecule has 1 N–H and O–H groups in total. The van der Waals surface area contributed by atoms with Crippen LogP contribution in [0.2, 0.25) is 0 Å². The van der Waals surface area contributed by atoms with E-state index in [1.54, 1.807) is 43.3 Å². The number of hydrogen-bond donors (Lipinski definition) is 1. The standard InChI is InChI=1S/C29H35N3O4S/c1-5-30-29(34)24(4)31(20-19-25-9-7-6-8-10-25)28(33)21-32(26-15-11-22(2)12-16-26)37(35,36)27-17-13-23(3)14-18-27/h6-18,24H,5,19-21H2,1-4H3,(H,30,34)/t24-/m0/s1. The summed E-state index contributed by atoms with van der Waals surface area (Å²) in [4.78, 5) is 28.0. The van der Waals surface area contributed by atoms with Gasteiger partial charge in [-0.15, -0.1) is 0 Å². The SMILES string of the molecule is CCNC(=O)[C@H](C)N(CCc1ccccc1)C(=O)CN(c1ccc(C)cc1)S(=O)(=O)c1ccc(C)cc1. The first kappa shape index (κ1) is 27.9. The first-order valence-corrected chi connectivity index (χ1v) is 13.8. The van der Waals surface area contributed by atoms with Gasteiger partial charge in [-0.1, -0.05) is 65.7 Å². The first-order chi connectivity index (χ1) is 17.6. The molecule has 0 aliphatic rings. The minimum Gasteiger partial charge on any atom is -0.355 e. The Morgan fingerprint density at radius 1 is 0.865 bits per heavy atom. The van der Waals surface area contributed by atoms with E-state index in [1.807, 2.05) is 63.2 Å². The number of sulfonamides is 1. The summed E-state index contributed by atoms with van der Waals surface area (Å²) in [7, 11) is -4.05. The number of likely N-dealkylation sites (N-methyl/N-ethyl adjacent to an activating group) is 1. The summed E-state index contributed by atoms with van der Waals surface area (Å²) in [6, 6.07) is 22.4. The van der Waals surface area contributed by atoms with Gasteiger partial charge in [0, 0.05) is 13.1 Å². The van der Waals surface area contributed by atoms with Gasteiger partial charge in [-0.25, -0.2) is 8.42 Å². The zero-order valence-electron chi connectivity index (χ0n) is 21.8. The summed E-state index contributed by atoms with van der Waals surface area (Å²) >= 11 is 0. The second kappa shape index (κ2) is 12.5. The zero-order valence-corrected chi connectivity index (χ0v) is 22.7. The van der Waals surface area contributed by atoms with Gasteiger partial charge in [0.05, 0.1) is 10.6 Å². The van der Waals surface area contributed by atoms with Gasteiger partial charge in [-0.2, -0.15) is 0 Å². The number of nitrogens with zero attached hydrogens (tertiary/aromatic N) is 2. The summed E-state index contributed by atoms with van der Waals surface area (Å²) in [6.45, 7) is 7.54. The van der Waals surface area contributed by atoms with E-state index in [2.05, 4.69) is 5.32 Å². The van der Waals surface area contributed by atoms with Gasteiger partial charge in [-0.05, 0) is 63.9 Å². The van der Waals surface area contributed by atoms with Gasteiger partial charge in [0.1, 0.15) is 12.6 Å². The molecule has 0 fully saturated rings. The van der Waals surface area contributed by atoms with E-state index in [1.165, 1.54) is 4.90 Å². The van der Waals surface area contributed by atoms with Crippen LogP contribution < -0.4 is 9.62 Å². The normalized spacial score (nSPS) is 12.0. The highest BCUT2D eigenvalue weighted by Crippen LogP contribution is 2.25. The van der Waals surface area contributed by atoms with Crippen LogP contribution in [0.5, 0.6) is 0 Å². The summed E-state index contributed by atoms with van der Waals surface area (Å²) < 4.78 is 28.6. The highest BCUT2D eigenvalue weighted by molar-refractivity contribution is 7.92. The van der Waals surface area contributed by atoms with E-state index < -0.39 is 28.5 Å². The Kier molecular flexibility index (Phi) is 9.47.